The van der Waals surface area contributed by atoms with Crippen LogP contribution >= 0.6 is 11.8 Å². The van der Waals surface area contributed by atoms with Crippen LogP contribution in [0, 0.1) is 5.82 Å². The van der Waals surface area contributed by atoms with E-state index in [1.54, 1.807) is 18.8 Å². The molecular formula is C17H29FN4S. The van der Waals surface area contributed by atoms with Gasteiger partial charge in [-0.25, -0.2) is 4.39 Å². The van der Waals surface area contributed by atoms with Gasteiger partial charge in [0.15, 0.2) is 5.96 Å². The number of thioether (sulfide) groups is 1. The summed E-state index contributed by atoms with van der Waals surface area (Å²) in [5, 5.41) is 6.63. The molecule has 1 aromatic rings. The monoisotopic (exact) mass is 340 g/mol. The van der Waals surface area contributed by atoms with Gasteiger partial charge in [0, 0.05) is 37.6 Å². The SMILES string of the molecule is CN=C(NCCCSc1ccc(F)cc1)NCCN(C)C(C)C. The third-order valence-electron chi connectivity index (χ3n) is 3.56. The average molecular weight is 341 g/mol. The average Bonchev–Trinajstić information content (AvgIpc) is 2.54. The fourth-order valence-electron chi connectivity index (χ4n) is 1.83. The Balaban J connectivity index is 2.11. The molecule has 0 aromatic heterocycles. The third kappa shape index (κ3) is 8.81. The van der Waals surface area contributed by atoms with Gasteiger partial charge in [-0.15, -0.1) is 11.8 Å². The zero-order valence-corrected chi connectivity index (χ0v) is 15.4. The molecule has 0 heterocycles. The maximum Gasteiger partial charge on any atom is 0.191 e. The van der Waals surface area contributed by atoms with E-state index in [2.05, 4.69) is 41.4 Å². The predicted molar refractivity (Wildman–Crippen MR) is 98.9 cm³/mol. The van der Waals surface area contributed by atoms with Crippen molar-refractivity contribution in [2.75, 3.05) is 39.5 Å². The van der Waals surface area contributed by atoms with E-state index in [4.69, 9.17) is 0 Å². The first-order chi connectivity index (χ1) is 11.0. The number of rotatable bonds is 9. The predicted octanol–water partition coefficient (Wildman–Crippen LogP) is 2.81. The number of likely N-dealkylation sites (N-methyl/N-ethyl adjacent to an activating group) is 1. The first kappa shape index (κ1) is 19.8. The number of guanidine groups is 1. The number of halogens is 1. The van der Waals surface area contributed by atoms with Gasteiger partial charge >= 0.3 is 0 Å². The van der Waals surface area contributed by atoms with Gasteiger partial charge < -0.3 is 15.5 Å². The summed E-state index contributed by atoms with van der Waals surface area (Å²) in [7, 11) is 3.91. The van der Waals surface area contributed by atoms with Gasteiger partial charge in [0.25, 0.3) is 0 Å². The highest BCUT2D eigenvalue weighted by atomic mass is 32.2. The summed E-state index contributed by atoms with van der Waals surface area (Å²) in [5.41, 5.74) is 0. The summed E-state index contributed by atoms with van der Waals surface area (Å²) in [6, 6.07) is 7.19. The summed E-state index contributed by atoms with van der Waals surface area (Å²) in [6.45, 7) is 7.10. The molecule has 0 amide bonds. The topological polar surface area (TPSA) is 39.7 Å². The Morgan fingerprint density at radius 3 is 2.48 bits per heavy atom. The van der Waals surface area contributed by atoms with E-state index >= 15 is 0 Å². The molecule has 0 spiro atoms. The van der Waals surface area contributed by atoms with Crippen LogP contribution in [-0.2, 0) is 0 Å². The van der Waals surface area contributed by atoms with E-state index in [0.717, 1.165) is 42.7 Å². The Morgan fingerprint density at radius 2 is 1.87 bits per heavy atom. The van der Waals surface area contributed by atoms with E-state index in [1.807, 2.05) is 12.1 Å². The van der Waals surface area contributed by atoms with E-state index in [-0.39, 0.29) is 5.82 Å². The Kier molecular flexibility index (Phi) is 9.71. The number of hydrogen-bond donors (Lipinski definition) is 2. The van der Waals surface area contributed by atoms with Crippen molar-refractivity contribution in [3.8, 4) is 0 Å². The molecule has 0 atom stereocenters. The largest absolute Gasteiger partial charge is 0.356 e. The number of aliphatic imine (C=N–C) groups is 1. The van der Waals surface area contributed by atoms with Crippen LogP contribution in [0.3, 0.4) is 0 Å². The van der Waals surface area contributed by atoms with E-state index in [1.165, 1.54) is 12.1 Å². The van der Waals surface area contributed by atoms with Gasteiger partial charge in [-0.2, -0.15) is 0 Å². The van der Waals surface area contributed by atoms with Crippen LogP contribution in [0.15, 0.2) is 34.2 Å². The summed E-state index contributed by atoms with van der Waals surface area (Å²) in [5.74, 6) is 1.65. The van der Waals surface area contributed by atoms with Gasteiger partial charge in [0.05, 0.1) is 0 Å². The van der Waals surface area contributed by atoms with Crippen LogP contribution in [0.1, 0.15) is 20.3 Å². The van der Waals surface area contributed by atoms with Crippen molar-refractivity contribution in [2.45, 2.75) is 31.2 Å². The number of nitrogens with one attached hydrogen (secondary N) is 2. The Hall–Kier alpha value is -1.27. The molecule has 0 bridgehead atoms. The minimum Gasteiger partial charge on any atom is -0.356 e. The van der Waals surface area contributed by atoms with E-state index in [9.17, 15) is 4.39 Å². The zero-order chi connectivity index (χ0) is 17.1. The summed E-state index contributed by atoms with van der Waals surface area (Å²) in [6.07, 6.45) is 1.02. The molecule has 4 nitrogen and oxygen atoms in total. The van der Waals surface area contributed by atoms with Crippen LogP contribution < -0.4 is 10.6 Å². The molecule has 0 fully saturated rings. The molecule has 0 radical (unpaired) electrons. The van der Waals surface area contributed by atoms with E-state index in [0.29, 0.717) is 6.04 Å². The van der Waals surface area contributed by atoms with Crippen molar-refractivity contribution in [2.24, 2.45) is 4.99 Å². The summed E-state index contributed by atoms with van der Waals surface area (Å²) >= 11 is 1.74. The minimum absolute atomic E-state index is 0.186. The molecule has 0 unspecified atom stereocenters. The molecular weight excluding hydrogens is 311 g/mol. The highest BCUT2D eigenvalue weighted by Gasteiger charge is 2.03. The Morgan fingerprint density at radius 1 is 1.22 bits per heavy atom. The standard InChI is InChI=1S/C17H29FN4S/c1-14(2)22(4)12-11-21-17(19-3)20-10-5-13-23-16-8-6-15(18)7-9-16/h6-9,14H,5,10-13H2,1-4H3,(H2,19,20,21). The quantitative estimate of drug-likeness (QED) is 0.314. The molecule has 0 saturated heterocycles. The van der Waals surface area contributed by atoms with Crippen LogP contribution in [0.4, 0.5) is 4.39 Å². The molecule has 0 aliphatic heterocycles. The van der Waals surface area contributed by atoms with Crippen LogP contribution in [0.5, 0.6) is 0 Å². The van der Waals surface area contributed by atoms with Gasteiger partial charge in [-0.1, -0.05) is 0 Å². The fourth-order valence-corrected chi connectivity index (χ4v) is 2.68. The Bertz CT molecular complexity index is 462. The molecule has 6 heteroatoms. The first-order valence-electron chi connectivity index (χ1n) is 8.06. The van der Waals surface area contributed by atoms with Crippen molar-refractivity contribution in [3.05, 3.63) is 30.1 Å². The van der Waals surface area contributed by atoms with Gasteiger partial charge in [0.1, 0.15) is 5.82 Å². The lowest BCUT2D eigenvalue weighted by Crippen LogP contribution is -2.42. The van der Waals surface area contributed by atoms with Crippen molar-refractivity contribution in [3.63, 3.8) is 0 Å². The fraction of sp³-hybridized carbons (Fsp3) is 0.588. The molecule has 130 valence electrons. The molecule has 0 aliphatic rings. The second-order valence-corrected chi connectivity index (χ2v) is 6.82. The third-order valence-corrected chi connectivity index (χ3v) is 4.66. The minimum atomic E-state index is -0.186. The number of nitrogens with zero attached hydrogens (tertiary/aromatic N) is 2. The lowest BCUT2D eigenvalue weighted by Gasteiger charge is -2.21. The molecule has 0 saturated carbocycles. The van der Waals surface area contributed by atoms with Crippen LogP contribution in [-0.4, -0.2) is 56.4 Å². The number of hydrogen-bond acceptors (Lipinski definition) is 3. The zero-order valence-electron chi connectivity index (χ0n) is 14.6. The first-order valence-corrected chi connectivity index (χ1v) is 9.04. The molecule has 0 aliphatic carbocycles. The molecule has 23 heavy (non-hydrogen) atoms. The lowest BCUT2D eigenvalue weighted by molar-refractivity contribution is 0.278. The van der Waals surface area contributed by atoms with Gasteiger partial charge in [0.2, 0.25) is 0 Å². The van der Waals surface area contributed by atoms with Crippen LogP contribution in [0.2, 0.25) is 0 Å². The molecule has 2 N–H and O–H groups in total. The maximum absolute atomic E-state index is 12.8. The van der Waals surface area contributed by atoms with Crippen molar-refractivity contribution < 1.29 is 4.39 Å². The van der Waals surface area contributed by atoms with Crippen LogP contribution in [0.25, 0.3) is 0 Å². The smallest absolute Gasteiger partial charge is 0.191 e. The summed E-state index contributed by atoms with van der Waals surface area (Å²) in [4.78, 5) is 7.62. The summed E-state index contributed by atoms with van der Waals surface area (Å²) < 4.78 is 12.8. The normalized spacial score (nSPS) is 12.0. The highest BCUT2D eigenvalue weighted by Crippen LogP contribution is 2.18. The van der Waals surface area contributed by atoms with Crippen molar-refractivity contribution in [1.29, 1.82) is 0 Å². The molecule has 1 aromatic carbocycles. The van der Waals surface area contributed by atoms with Gasteiger partial charge in [-0.05, 0) is 57.3 Å². The van der Waals surface area contributed by atoms with E-state index < -0.39 is 0 Å². The Labute approximate surface area is 143 Å². The maximum atomic E-state index is 12.8. The number of benzene rings is 1. The van der Waals surface area contributed by atoms with Crippen molar-refractivity contribution >= 4 is 17.7 Å². The second kappa shape index (κ2) is 11.3. The second-order valence-electron chi connectivity index (χ2n) is 5.66. The van der Waals surface area contributed by atoms with Gasteiger partial charge in [-0.3, -0.25) is 4.99 Å². The highest BCUT2D eigenvalue weighted by molar-refractivity contribution is 7.99. The lowest BCUT2D eigenvalue weighted by atomic mass is 10.3. The van der Waals surface area contributed by atoms with Crippen molar-refractivity contribution in [1.82, 2.24) is 15.5 Å². The molecule has 1 rings (SSSR count).